The lowest BCUT2D eigenvalue weighted by Crippen LogP contribution is -2.51. The highest BCUT2D eigenvalue weighted by Gasteiger charge is 2.43. The number of carbonyl (C=O) groups excluding carboxylic acids is 3. The number of ether oxygens (including phenoxy) is 3. The Labute approximate surface area is 376 Å². The molecular formula is C49H54N8O8. The van der Waals surface area contributed by atoms with Crippen LogP contribution in [0.3, 0.4) is 0 Å². The van der Waals surface area contributed by atoms with Gasteiger partial charge in [-0.25, -0.2) is 19.6 Å². The van der Waals surface area contributed by atoms with Gasteiger partial charge in [-0.15, -0.1) is 0 Å². The largest absolute Gasteiger partial charge is 0.488 e. The summed E-state index contributed by atoms with van der Waals surface area (Å²) in [7, 11) is 4.35. The Kier molecular flexibility index (Phi) is 11.7. The monoisotopic (exact) mass is 882 g/mol. The Balaban J connectivity index is 0.979. The Morgan fingerprint density at radius 2 is 1.69 bits per heavy atom. The van der Waals surface area contributed by atoms with Crippen LogP contribution in [0.1, 0.15) is 74.5 Å². The molecule has 0 aliphatic carbocycles. The van der Waals surface area contributed by atoms with Gasteiger partial charge in [0.25, 0.3) is 5.91 Å². The second kappa shape index (κ2) is 17.6. The van der Waals surface area contributed by atoms with Crippen LogP contribution in [0.15, 0.2) is 79.0 Å². The second-order valence-electron chi connectivity index (χ2n) is 18.0. The third-order valence-corrected chi connectivity index (χ3v) is 13.2. The zero-order chi connectivity index (χ0) is 45.7. The van der Waals surface area contributed by atoms with Crippen LogP contribution >= 0.6 is 0 Å². The van der Waals surface area contributed by atoms with E-state index in [9.17, 15) is 24.3 Å². The number of likely N-dealkylation sites (tertiary alicyclic amines) is 2. The van der Waals surface area contributed by atoms with Crippen LogP contribution in [0.4, 0.5) is 9.59 Å². The van der Waals surface area contributed by atoms with E-state index in [1.165, 1.54) is 14.2 Å². The van der Waals surface area contributed by atoms with E-state index in [0.717, 1.165) is 66.8 Å². The number of methoxy groups -OCH3 is 2. The van der Waals surface area contributed by atoms with Crippen molar-refractivity contribution >= 4 is 45.8 Å². The molecule has 65 heavy (non-hydrogen) atoms. The summed E-state index contributed by atoms with van der Waals surface area (Å²) in [6, 6.07) is 21.0. The normalized spacial score (nSPS) is 20.0. The van der Waals surface area contributed by atoms with Crippen molar-refractivity contribution in [1.29, 1.82) is 0 Å². The van der Waals surface area contributed by atoms with Gasteiger partial charge in [0.05, 0.1) is 48.7 Å². The maximum absolute atomic E-state index is 14.4. The fourth-order valence-corrected chi connectivity index (χ4v) is 9.93. The molecule has 0 saturated carbocycles. The molecule has 2 aromatic heterocycles. The third kappa shape index (κ3) is 8.11. The number of hydrogen-bond acceptors (Lipinski definition) is 9. The van der Waals surface area contributed by atoms with Gasteiger partial charge in [0.15, 0.2) is 0 Å². The van der Waals surface area contributed by atoms with Crippen LogP contribution in [-0.4, -0.2) is 111 Å². The van der Waals surface area contributed by atoms with Crippen LogP contribution in [-0.2, 0) is 25.7 Å². The summed E-state index contributed by atoms with van der Waals surface area (Å²) in [4.78, 5) is 74.2. The minimum atomic E-state index is -1.20. The Hall–Kier alpha value is -6.94. The lowest BCUT2D eigenvalue weighted by atomic mass is 9.92. The molecule has 2 saturated heterocycles. The molecular weight excluding hydrogens is 829 g/mol. The summed E-state index contributed by atoms with van der Waals surface area (Å²) in [5.41, 5.74) is 6.96. The molecule has 4 amide bonds. The molecule has 6 atom stereocenters. The van der Waals surface area contributed by atoms with Crippen molar-refractivity contribution in [2.45, 2.75) is 64.4 Å². The molecule has 16 nitrogen and oxygen atoms in total. The van der Waals surface area contributed by atoms with Gasteiger partial charge in [0.2, 0.25) is 5.91 Å². The number of carbonyl (C=O) groups is 4. The number of nitrogens with zero attached hydrogens (tertiary/aromatic N) is 5. The number of amides is 4. The smallest absolute Gasteiger partial charge is 0.407 e. The van der Waals surface area contributed by atoms with E-state index in [4.69, 9.17) is 24.2 Å². The van der Waals surface area contributed by atoms with Crippen LogP contribution < -0.4 is 10.1 Å². The molecule has 5 heterocycles. The SMILES string of the molecule is COC[C@H]1C[C@@H](c2ncc(-c3ccc4c(c3)COc3cc5c(ccc6[nH]c([C@@H]7C[C@H](C)CN7C(=O)[C@@H](NC(=O)OC)C(C)C)nc65)cc3-4)[nH]2)N(C(=O)[C@@H](c2ccccc2)N(C)C(=O)O)C1. The Morgan fingerprint density at radius 1 is 0.923 bits per heavy atom. The number of rotatable bonds is 11. The molecule has 0 unspecified atom stereocenters. The topological polar surface area (TPSA) is 195 Å². The van der Waals surface area contributed by atoms with Gasteiger partial charge in [-0.2, -0.15) is 0 Å². The number of aromatic nitrogens is 4. The Bertz CT molecular complexity index is 2790. The first kappa shape index (κ1) is 43.3. The number of fused-ring (bicyclic) bond motifs is 6. The number of carboxylic acid groups (broad SMARTS) is 1. The van der Waals surface area contributed by atoms with E-state index in [0.29, 0.717) is 49.9 Å². The number of hydrogen-bond donors (Lipinski definition) is 4. The number of nitrogens with one attached hydrogen (secondary N) is 3. The van der Waals surface area contributed by atoms with E-state index in [2.05, 4.69) is 52.5 Å². The Morgan fingerprint density at radius 3 is 2.43 bits per heavy atom. The molecule has 6 aromatic rings. The zero-order valence-electron chi connectivity index (χ0n) is 37.3. The number of benzene rings is 4. The third-order valence-electron chi connectivity index (χ3n) is 13.2. The van der Waals surface area contributed by atoms with E-state index < -0.39 is 30.3 Å². The van der Waals surface area contributed by atoms with Crippen molar-refractivity contribution in [3.63, 3.8) is 0 Å². The molecule has 3 aliphatic heterocycles. The highest BCUT2D eigenvalue weighted by molar-refractivity contribution is 6.07. The molecule has 0 spiro atoms. The van der Waals surface area contributed by atoms with Crippen molar-refractivity contribution in [3.05, 3.63) is 102 Å². The minimum absolute atomic E-state index is 0.0373. The van der Waals surface area contributed by atoms with Crippen LogP contribution in [0.5, 0.6) is 5.75 Å². The van der Waals surface area contributed by atoms with Gasteiger partial charge in [0, 0.05) is 44.1 Å². The summed E-state index contributed by atoms with van der Waals surface area (Å²) in [5.74, 6) is 1.73. The van der Waals surface area contributed by atoms with E-state index >= 15 is 0 Å². The summed E-state index contributed by atoms with van der Waals surface area (Å²) in [6.45, 7) is 7.67. The fraction of sp³-hybridized carbons (Fsp3) is 0.388. The lowest BCUT2D eigenvalue weighted by molar-refractivity contribution is -0.137. The first-order chi connectivity index (χ1) is 31.3. The molecule has 9 rings (SSSR count). The second-order valence-corrected chi connectivity index (χ2v) is 18.0. The van der Waals surface area contributed by atoms with E-state index in [-0.39, 0.29) is 35.6 Å². The van der Waals surface area contributed by atoms with Gasteiger partial charge in [0.1, 0.15) is 36.1 Å². The summed E-state index contributed by atoms with van der Waals surface area (Å²) < 4.78 is 16.8. The minimum Gasteiger partial charge on any atom is -0.488 e. The molecule has 4 aromatic carbocycles. The zero-order valence-corrected chi connectivity index (χ0v) is 37.3. The molecule has 0 radical (unpaired) electrons. The summed E-state index contributed by atoms with van der Waals surface area (Å²) >= 11 is 0. The van der Waals surface area contributed by atoms with Gasteiger partial charge in [-0.3, -0.25) is 14.5 Å². The van der Waals surface area contributed by atoms with Gasteiger partial charge < -0.3 is 44.4 Å². The number of imidazole rings is 2. The number of aromatic amines is 2. The standard InChI is InChI=1S/C49H54N8O8/c1-26(2)41(54-48(60)64-6)46(58)56-22-27(3)16-38(56)45-51-36-15-13-30-19-35-33-14-12-31(18-32(33)25-65-40(35)20-34(30)42(36)53-45)37-21-50-44(52-37)39-17-28(24-63-5)23-57(39)47(59)43(55(4)49(61)62)29-10-8-7-9-11-29/h7-15,18-21,26-28,38-39,41,43H,16-17,22-25H2,1-6H3,(H,50,52)(H,51,53)(H,54,60)(H,61,62)/t27-,28-,38-,39-,41-,43+/m0/s1. The highest BCUT2D eigenvalue weighted by atomic mass is 16.5. The van der Waals surface area contributed by atoms with Crippen LogP contribution in [0.25, 0.3) is 44.2 Å². The molecule has 16 heteroatoms. The predicted octanol–water partition coefficient (Wildman–Crippen LogP) is 7.84. The maximum Gasteiger partial charge on any atom is 0.407 e. The average molecular weight is 883 g/mol. The maximum atomic E-state index is 14.4. The molecule has 2 fully saturated rings. The number of H-pyrrole nitrogens is 2. The van der Waals surface area contributed by atoms with Crippen molar-refractivity contribution in [2.75, 3.05) is 41.0 Å². The lowest BCUT2D eigenvalue weighted by Gasteiger charge is -2.32. The predicted molar refractivity (Wildman–Crippen MR) is 243 cm³/mol. The van der Waals surface area contributed by atoms with Crippen LogP contribution in [0, 0.1) is 17.8 Å². The highest BCUT2D eigenvalue weighted by Crippen LogP contribution is 2.44. The van der Waals surface area contributed by atoms with Crippen LogP contribution in [0.2, 0.25) is 0 Å². The number of likely N-dealkylation sites (N-methyl/N-ethyl adjacent to an activating group) is 1. The van der Waals surface area contributed by atoms with E-state index in [1.54, 1.807) is 42.5 Å². The van der Waals surface area contributed by atoms with Gasteiger partial charge >= 0.3 is 12.2 Å². The van der Waals surface area contributed by atoms with Gasteiger partial charge in [-0.1, -0.05) is 69.3 Å². The molecule has 3 aliphatic rings. The van der Waals surface area contributed by atoms with Crippen molar-refractivity contribution in [3.8, 4) is 28.1 Å². The van der Waals surface area contributed by atoms with Crippen molar-refractivity contribution in [1.82, 2.24) is 40.0 Å². The average Bonchev–Trinajstić information content (AvgIpc) is 4.13. The number of alkyl carbamates (subject to hydrolysis) is 1. The first-order valence-corrected chi connectivity index (χ1v) is 22.1. The summed E-state index contributed by atoms with van der Waals surface area (Å²) in [6.07, 6.45) is 1.28. The summed E-state index contributed by atoms with van der Waals surface area (Å²) in [5, 5.41) is 14.6. The molecule has 0 bridgehead atoms. The quantitative estimate of drug-likeness (QED) is 0.0996. The van der Waals surface area contributed by atoms with E-state index in [1.807, 2.05) is 36.9 Å². The van der Waals surface area contributed by atoms with Crippen molar-refractivity contribution in [2.24, 2.45) is 17.8 Å². The van der Waals surface area contributed by atoms with Gasteiger partial charge in [-0.05, 0) is 76.6 Å². The fourth-order valence-electron chi connectivity index (χ4n) is 9.93. The first-order valence-electron chi connectivity index (χ1n) is 22.1. The molecule has 4 N–H and O–H groups in total. The van der Waals surface area contributed by atoms with Crippen molar-refractivity contribution < 1.29 is 38.5 Å². The molecule has 338 valence electrons.